The number of imidazole rings is 1. The molecular weight excluding hydrogens is 351 g/mol. The molecule has 0 saturated heterocycles. The average Bonchev–Trinajstić information content (AvgIpc) is 2.64. The molecule has 0 aliphatic heterocycles. The molecule has 0 N–H and O–H groups in total. The monoisotopic (exact) mass is 364 g/mol. The van der Waals surface area contributed by atoms with Gasteiger partial charge in [-0.2, -0.15) is 0 Å². The summed E-state index contributed by atoms with van der Waals surface area (Å²) in [6.07, 6.45) is 0. The Morgan fingerprint density at radius 2 is 2.29 bits per heavy atom. The molecule has 0 saturated carbocycles. The number of fused-ring (bicyclic) bond motifs is 1. The summed E-state index contributed by atoms with van der Waals surface area (Å²) in [5.41, 5.74) is 2.11. The van der Waals surface area contributed by atoms with E-state index in [-0.39, 0.29) is 5.38 Å². The van der Waals surface area contributed by atoms with Crippen LogP contribution in [0.3, 0.4) is 0 Å². The quantitative estimate of drug-likeness (QED) is 0.612. The fraction of sp³-hybridized carbons (Fsp3) is 0.417. The van der Waals surface area contributed by atoms with Crippen LogP contribution < -0.4 is 0 Å². The highest BCUT2D eigenvalue weighted by molar-refractivity contribution is 14.1. The Kier molecular flexibility index (Phi) is 4.27. The van der Waals surface area contributed by atoms with Crippen LogP contribution in [0.2, 0.25) is 0 Å². The van der Waals surface area contributed by atoms with Crippen LogP contribution in [0.1, 0.15) is 18.1 Å². The standard InChI is InChI=1S/C12H14ClIN2O/c1-8(13)12-15-10-7-9(14)3-4-11(10)16(12)5-6-17-2/h3-4,7-8H,5-6H2,1-2H3. The van der Waals surface area contributed by atoms with Crippen LogP contribution in [-0.4, -0.2) is 23.3 Å². The predicted octanol–water partition coefficient (Wildman–Crippen LogP) is 3.59. The zero-order valence-corrected chi connectivity index (χ0v) is 12.7. The number of alkyl halides is 1. The number of nitrogens with zero attached hydrogens (tertiary/aromatic N) is 2. The summed E-state index contributed by atoms with van der Waals surface area (Å²) in [6, 6.07) is 6.24. The van der Waals surface area contributed by atoms with Crippen molar-refractivity contribution in [3.05, 3.63) is 27.6 Å². The Bertz CT molecular complexity index is 524. The van der Waals surface area contributed by atoms with Gasteiger partial charge in [-0.3, -0.25) is 0 Å². The summed E-state index contributed by atoms with van der Waals surface area (Å²) in [4.78, 5) is 4.60. The predicted molar refractivity (Wildman–Crippen MR) is 78.6 cm³/mol. The molecule has 0 fully saturated rings. The van der Waals surface area contributed by atoms with Crippen molar-refractivity contribution in [3.8, 4) is 0 Å². The average molecular weight is 365 g/mol. The molecule has 1 atom stereocenters. The van der Waals surface area contributed by atoms with Gasteiger partial charge in [-0.05, 0) is 47.7 Å². The first-order chi connectivity index (χ1) is 8.13. The van der Waals surface area contributed by atoms with E-state index in [2.05, 4.69) is 50.3 Å². The largest absolute Gasteiger partial charge is 0.383 e. The Balaban J connectivity index is 2.54. The van der Waals surface area contributed by atoms with Gasteiger partial charge >= 0.3 is 0 Å². The maximum absolute atomic E-state index is 6.17. The highest BCUT2D eigenvalue weighted by Crippen LogP contribution is 2.25. The van der Waals surface area contributed by atoms with Gasteiger partial charge in [-0.25, -0.2) is 4.98 Å². The molecule has 2 aromatic rings. The molecule has 92 valence electrons. The number of hydrogen-bond acceptors (Lipinski definition) is 2. The van der Waals surface area contributed by atoms with E-state index in [1.807, 2.05) is 6.92 Å². The van der Waals surface area contributed by atoms with Crippen LogP contribution >= 0.6 is 34.2 Å². The van der Waals surface area contributed by atoms with Gasteiger partial charge in [0.2, 0.25) is 0 Å². The first kappa shape index (κ1) is 13.1. The number of benzene rings is 1. The molecule has 0 amide bonds. The topological polar surface area (TPSA) is 27.1 Å². The molecular formula is C12H14ClIN2O. The van der Waals surface area contributed by atoms with Crippen molar-refractivity contribution in [2.45, 2.75) is 18.8 Å². The van der Waals surface area contributed by atoms with Crippen LogP contribution in [0, 0.1) is 3.57 Å². The Morgan fingerprint density at radius 3 is 2.94 bits per heavy atom. The van der Waals surface area contributed by atoms with Crippen molar-refractivity contribution in [2.24, 2.45) is 0 Å². The third-order valence-electron chi connectivity index (χ3n) is 2.61. The molecule has 17 heavy (non-hydrogen) atoms. The van der Waals surface area contributed by atoms with E-state index in [4.69, 9.17) is 16.3 Å². The second-order valence-electron chi connectivity index (χ2n) is 3.86. The fourth-order valence-electron chi connectivity index (χ4n) is 1.84. The second kappa shape index (κ2) is 5.54. The van der Waals surface area contributed by atoms with Crippen LogP contribution in [0.5, 0.6) is 0 Å². The van der Waals surface area contributed by atoms with Crippen LogP contribution in [-0.2, 0) is 11.3 Å². The highest BCUT2D eigenvalue weighted by atomic mass is 127. The van der Waals surface area contributed by atoms with Crippen molar-refractivity contribution in [3.63, 3.8) is 0 Å². The zero-order chi connectivity index (χ0) is 12.4. The Hall–Kier alpha value is -0.330. The van der Waals surface area contributed by atoms with Gasteiger partial charge < -0.3 is 9.30 Å². The molecule has 3 nitrogen and oxygen atoms in total. The second-order valence-corrected chi connectivity index (χ2v) is 5.76. The van der Waals surface area contributed by atoms with Crippen LogP contribution in [0.4, 0.5) is 0 Å². The molecule has 0 aliphatic carbocycles. The van der Waals surface area contributed by atoms with Gasteiger partial charge in [0, 0.05) is 17.2 Å². The number of methoxy groups -OCH3 is 1. The number of ether oxygens (including phenoxy) is 1. The van der Waals surface area contributed by atoms with E-state index in [1.54, 1.807) is 7.11 Å². The Morgan fingerprint density at radius 1 is 1.53 bits per heavy atom. The number of rotatable bonds is 4. The van der Waals surface area contributed by atoms with Crippen molar-refractivity contribution >= 4 is 45.2 Å². The lowest BCUT2D eigenvalue weighted by Crippen LogP contribution is -2.08. The molecule has 1 unspecified atom stereocenters. The minimum atomic E-state index is -0.100. The normalized spacial score (nSPS) is 13.2. The molecule has 1 aromatic carbocycles. The smallest absolute Gasteiger partial charge is 0.127 e. The van der Waals surface area contributed by atoms with Crippen molar-refractivity contribution in [1.29, 1.82) is 0 Å². The summed E-state index contributed by atoms with van der Waals surface area (Å²) in [7, 11) is 1.70. The molecule has 0 spiro atoms. The maximum Gasteiger partial charge on any atom is 0.127 e. The number of halogens is 2. The fourth-order valence-corrected chi connectivity index (χ4v) is 2.48. The molecule has 1 aromatic heterocycles. The summed E-state index contributed by atoms with van der Waals surface area (Å²) in [6.45, 7) is 3.38. The Labute approximate surface area is 119 Å². The van der Waals surface area contributed by atoms with Gasteiger partial charge in [0.05, 0.1) is 23.0 Å². The minimum absolute atomic E-state index is 0.100. The molecule has 5 heteroatoms. The third-order valence-corrected chi connectivity index (χ3v) is 3.48. The van der Waals surface area contributed by atoms with E-state index in [9.17, 15) is 0 Å². The van der Waals surface area contributed by atoms with E-state index in [1.165, 1.54) is 3.57 Å². The maximum atomic E-state index is 6.17. The van der Waals surface area contributed by atoms with E-state index < -0.39 is 0 Å². The van der Waals surface area contributed by atoms with Crippen molar-refractivity contribution < 1.29 is 4.74 Å². The van der Waals surface area contributed by atoms with Gasteiger partial charge in [-0.1, -0.05) is 0 Å². The van der Waals surface area contributed by atoms with Gasteiger partial charge in [-0.15, -0.1) is 11.6 Å². The summed E-state index contributed by atoms with van der Waals surface area (Å²) >= 11 is 8.46. The van der Waals surface area contributed by atoms with Crippen molar-refractivity contribution in [1.82, 2.24) is 9.55 Å². The van der Waals surface area contributed by atoms with Crippen LogP contribution in [0.15, 0.2) is 18.2 Å². The number of aromatic nitrogens is 2. The van der Waals surface area contributed by atoms with E-state index >= 15 is 0 Å². The molecule has 0 bridgehead atoms. The zero-order valence-electron chi connectivity index (χ0n) is 9.78. The first-order valence-corrected chi connectivity index (χ1v) is 6.93. The SMILES string of the molecule is COCCn1c(C(C)Cl)nc2cc(I)ccc21. The molecule has 0 aliphatic rings. The molecule has 1 heterocycles. The lowest BCUT2D eigenvalue weighted by molar-refractivity contribution is 0.187. The van der Waals surface area contributed by atoms with Gasteiger partial charge in [0.25, 0.3) is 0 Å². The van der Waals surface area contributed by atoms with Gasteiger partial charge in [0.1, 0.15) is 5.82 Å². The first-order valence-electron chi connectivity index (χ1n) is 5.42. The van der Waals surface area contributed by atoms with Gasteiger partial charge in [0.15, 0.2) is 0 Å². The van der Waals surface area contributed by atoms with Crippen molar-refractivity contribution in [2.75, 3.05) is 13.7 Å². The molecule has 2 rings (SSSR count). The van der Waals surface area contributed by atoms with Crippen LogP contribution in [0.25, 0.3) is 11.0 Å². The lowest BCUT2D eigenvalue weighted by atomic mass is 10.3. The molecule has 0 radical (unpaired) electrons. The third kappa shape index (κ3) is 2.74. The summed E-state index contributed by atoms with van der Waals surface area (Å²) in [5.74, 6) is 0.903. The lowest BCUT2D eigenvalue weighted by Gasteiger charge is -2.09. The summed E-state index contributed by atoms with van der Waals surface area (Å²) in [5, 5.41) is -0.100. The van der Waals surface area contributed by atoms with E-state index in [0.717, 1.165) is 23.4 Å². The van der Waals surface area contributed by atoms with E-state index in [0.29, 0.717) is 6.61 Å². The highest BCUT2D eigenvalue weighted by Gasteiger charge is 2.14. The summed E-state index contributed by atoms with van der Waals surface area (Å²) < 4.78 is 8.44. The minimum Gasteiger partial charge on any atom is -0.383 e. The number of hydrogen-bond donors (Lipinski definition) is 0.